The Balaban J connectivity index is 2.67. The van der Waals surface area contributed by atoms with Gasteiger partial charge in [0, 0.05) is 16.3 Å². The van der Waals surface area contributed by atoms with E-state index in [2.05, 4.69) is 44.1 Å². The SMILES string of the molecule is CCC(CCBr)CNC(=O)c1cc(OC)ccc1Br. The van der Waals surface area contributed by atoms with Crippen LogP contribution in [0.25, 0.3) is 0 Å². The maximum absolute atomic E-state index is 12.1. The number of hydrogen-bond donors (Lipinski definition) is 1. The number of ether oxygens (including phenoxy) is 1. The van der Waals surface area contributed by atoms with Crippen molar-refractivity contribution in [2.75, 3.05) is 19.0 Å². The molecule has 1 rings (SSSR count). The first kappa shape index (κ1) is 16.5. The minimum Gasteiger partial charge on any atom is -0.497 e. The van der Waals surface area contributed by atoms with Gasteiger partial charge in [-0.25, -0.2) is 0 Å². The topological polar surface area (TPSA) is 38.3 Å². The fourth-order valence-corrected chi connectivity index (χ4v) is 2.82. The molecule has 0 aliphatic rings. The zero-order valence-corrected chi connectivity index (χ0v) is 14.4. The molecule has 0 aliphatic heterocycles. The number of rotatable bonds is 7. The van der Waals surface area contributed by atoms with Crippen LogP contribution in [0.1, 0.15) is 30.1 Å². The molecule has 1 amide bonds. The highest BCUT2D eigenvalue weighted by atomic mass is 79.9. The lowest BCUT2D eigenvalue weighted by Gasteiger charge is -2.15. The molecule has 0 fully saturated rings. The second-order valence-electron chi connectivity index (χ2n) is 4.31. The first-order chi connectivity index (χ1) is 9.12. The molecule has 1 aromatic rings. The van der Waals surface area contributed by atoms with Gasteiger partial charge in [-0.15, -0.1) is 0 Å². The van der Waals surface area contributed by atoms with Crippen molar-refractivity contribution in [1.29, 1.82) is 0 Å². The summed E-state index contributed by atoms with van der Waals surface area (Å²) in [4.78, 5) is 12.1. The molecule has 0 radical (unpaired) electrons. The Labute approximate surface area is 131 Å². The molecule has 1 N–H and O–H groups in total. The van der Waals surface area contributed by atoms with Crippen LogP contribution in [-0.2, 0) is 0 Å². The van der Waals surface area contributed by atoms with Gasteiger partial charge >= 0.3 is 0 Å². The summed E-state index contributed by atoms with van der Waals surface area (Å²) in [6.07, 6.45) is 2.13. The van der Waals surface area contributed by atoms with Crippen molar-refractivity contribution >= 4 is 37.8 Å². The minimum absolute atomic E-state index is 0.0706. The number of carbonyl (C=O) groups excluding carboxylic acids is 1. The number of amides is 1. The van der Waals surface area contributed by atoms with Gasteiger partial charge in [0.25, 0.3) is 5.91 Å². The molecule has 0 heterocycles. The van der Waals surface area contributed by atoms with E-state index in [1.807, 2.05) is 12.1 Å². The van der Waals surface area contributed by atoms with Gasteiger partial charge in [-0.1, -0.05) is 29.3 Å². The monoisotopic (exact) mass is 391 g/mol. The van der Waals surface area contributed by atoms with E-state index >= 15 is 0 Å². The second kappa shape index (κ2) is 8.59. The number of methoxy groups -OCH3 is 1. The maximum atomic E-state index is 12.1. The number of hydrogen-bond acceptors (Lipinski definition) is 2. The Morgan fingerprint density at radius 3 is 2.79 bits per heavy atom. The van der Waals surface area contributed by atoms with Crippen molar-refractivity contribution in [3.05, 3.63) is 28.2 Å². The molecule has 1 unspecified atom stereocenters. The highest BCUT2D eigenvalue weighted by Crippen LogP contribution is 2.22. The van der Waals surface area contributed by atoms with Gasteiger partial charge in [0.15, 0.2) is 0 Å². The number of halogens is 2. The standard InChI is InChI=1S/C14H19Br2NO2/c1-3-10(6-7-15)9-17-14(18)12-8-11(19-2)4-5-13(12)16/h4-5,8,10H,3,6-7,9H2,1-2H3,(H,17,18). The molecular weight excluding hydrogens is 374 g/mol. The molecular formula is C14H19Br2NO2. The van der Waals surface area contributed by atoms with E-state index in [1.54, 1.807) is 13.2 Å². The second-order valence-corrected chi connectivity index (χ2v) is 5.96. The van der Waals surface area contributed by atoms with Gasteiger partial charge in [-0.05, 0) is 46.5 Å². The smallest absolute Gasteiger partial charge is 0.252 e. The van der Waals surface area contributed by atoms with E-state index in [9.17, 15) is 4.79 Å². The Bertz CT molecular complexity index is 424. The van der Waals surface area contributed by atoms with Crippen molar-refractivity contribution in [1.82, 2.24) is 5.32 Å². The lowest BCUT2D eigenvalue weighted by Crippen LogP contribution is -2.29. The molecule has 0 bridgehead atoms. The van der Waals surface area contributed by atoms with Gasteiger partial charge in [-0.3, -0.25) is 4.79 Å². The minimum atomic E-state index is -0.0706. The van der Waals surface area contributed by atoms with E-state index in [1.165, 1.54) is 0 Å². The van der Waals surface area contributed by atoms with Crippen LogP contribution in [-0.4, -0.2) is 24.9 Å². The van der Waals surface area contributed by atoms with E-state index in [0.717, 1.165) is 22.6 Å². The van der Waals surface area contributed by atoms with Crippen molar-refractivity contribution < 1.29 is 9.53 Å². The summed E-state index contributed by atoms with van der Waals surface area (Å²) in [5, 5.41) is 3.94. The van der Waals surface area contributed by atoms with Gasteiger partial charge in [0.05, 0.1) is 12.7 Å². The van der Waals surface area contributed by atoms with E-state index < -0.39 is 0 Å². The Morgan fingerprint density at radius 1 is 1.47 bits per heavy atom. The van der Waals surface area contributed by atoms with Crippen molar-refractivity contribution in [3.8, 4) is 5.75 Å². The van der Waals surface area contributed by atoms with Crippen molar-refractivity contribution in [2.24, 2.45) is 5.92 Å². The predicted octanol–water partition coefficient (Wildman–Crippen LogP) is 4.00. The van der Waals surface area contributed by atoms with Crippen LogP contribution < -0.4 is 10.1 Å². The Hall–Kier alpha value is -0.550. The first-order valence-electron chi connectivity index (χ1n) is 6.30. The van der Waals surface area contributed by atoms with Crippen molar-refractivity contribution in [3.63, 3.8) is 0 Å². The predicted molar refractivity (Wildman–Crippen MR) is 85.2 cm³/mol. The molecule has 1 aromatic carbocycles. The largest absolute Gasteiger partial charge is 0.497 e. The zero-order valence-electron chi connectivity index (χ0n) is 11.2. The third kappa shape index (κ3) is 5.15. The summed E-state index contributed by atoms with van der Waals surface area (Å²) >= 11 is 6.83. The number of nitrogens with one attached hydrogen (secondary N) is 1. The van der Waals surface area contributed by atoms with Gasteiger partial charge in [0.1, 0.15) is 5.75 Å². The third-order valence-corrected chi connectivity index (χ3v) is 4.21. The molecule has 19 heavy (non-hydrogen) atoms. The van der Waals surface area contributed by atoms with Gasteiger partial charge in [0.2, 0.25) is 0 Å². The van der Waals surface area contributed by atoms with Gasteiger partial charge < -0.3 is 10.1 Å². The van der Waals surface area contributed by atoms with Crippen LogP contribution in [0.4, 0.5) is 0 Å². The normalized spacial score (nSPS) is 12.0. The molecule has 1 atom stereocenters. The number of alkyl halides is 1. The molecule has 5 heteroatoms. The summed E-state index contributed by atoms with van der Waals surface area (Å²) < 4.78 is 5.92. The summed E-state index contributed by atoms with van der Waals surface area (Å²) in [5.74, 6) is 1.12. The maximum Gasteiger partial charge on any atom is 0.252 e. The molecule has 0 spiro atoms. The van der Waals surface area contributed by atoms with E-state index in [-0.39, 0.29) is 5.91 Å². The van der Waals surface area contributed by atoms with Crippen LogP contribution in [0.5, 0.6) is 5.75 Å². The van der Waals surface area contributed by atoms with Crippen LogP contribution in [0.3, 0.4) is 0 Å². The van der Waals surface area contributed by atoms with Crippen LogP contribution in [0.15, 0.2) is 22.7 Å². The lowest BCUT2D eigenvalue weighted by atomic mass is 10.0. The van der Waals surface area contributed by atoms with Crippen LogP contribution >= 0.6 is 31.9 Å². The fourth-order valence-electron chi connectivity index (χ4n) is 1.74. The summed E-state index contributed by atoms with van der Waals surface area (Å²) in [7, 11) is 1.59. The molecule has 3 nitrogen and oxygen atoms in total. The average molecular weight is 393 g/mol. The molecule has 0 saturated carbocycles. The Kier molecular flexibility index (Phi) is 7.46. The molecule has 106 valence electrons. The lowest BCUT2D eigenvalue weighted by molar-refractivity contribution is 0.0945. The quantitative estimate of drug-likeness (QED) is 0.712. The number of carbonyl (C=O) groups is 1. The molecule has 0 aromatic heterocycles. The van der Waals surface area contributed by atoms with Gasteiger partial charge in [-0.2, -0.15) is 0 Å². The van der Waals surface area contributed by atoms with Crippen LogP contribution in [0.2, 0.25) is 0 Å². The van der Waals surface area contributed by atoms with Crippen LogP contribution in [0, 0.1) is 5.92 Å². The summed E-state index contributed by atoms with van der Waals surface area (Å²) in [6.45, 7) is 2.84. The fraction of sp³-hybridized carbons (Fsp3) is 0.500. The highest BCUT2D eigenvalue weighted by Gasteiger charge is 2.13. The van der Waals surface area contributed by atoms with Crippen molar-refractivity contribution in [2.45, 2.75) is 19.8 Å². The third-order valence-electron chi connectivity index (χ3n) is 3.06. The Morgan fingerprint density at radius 2 is 2.21 bits per heavy atom. The number of benzene rings is 1. The average Bonchev–Trinajstić information content (AvgIpc) is 2.43. The molecule has 0 aliphatic carbocycles. The first-order valence-corrected chi connectivity index (χ1v) is 8.21. The zero-order chi connectivity index (χ0) is 14.3. The van der Waals surface area contributed by atoms with E-state index in [0.29, 0.717) is 23.8 Å². The van der Waals surface area contributed by atoms with E-state index in [4.69, 9.17) is 4.74 Å². The molecule has 0 saturated heterocycles. The summed E-state index contributed by atoms with van der Waals surface area (Å²) in [6, 6.07) is 5.38. The highest BCUT2D eigenvalue weighted by molar-refractivity contribution is 9.10. The summed E-state index contributed by atoms with van der Waals surface area (Å²) in [5.41, 5.74) is 0.605.